The van der Waals surface area contributed by atoms with Crippen molar-refractivity contribution in [2.75, 3.05) is 0 Å². The molecule has 4 nitrogen and oxygen atoms in total. The molecule has 138 valence electrons. The first-order valence-corrected chi connectivity index (χ1v) is 7.80. The maximum atomic E-state index is 14.5. The molecule has 27 heavy (non-hydrogen) atoms. The predicted molar refractivity (Wildman–Crippen MR) is 92.6 cm³/mol. The smallest absolute Gasteiger partial charge is 0.256 e. The lowest BCUT2D eigenvalue weighted by atomic mass is 9.99. The van der Waals surface area contributed by atoms with Crippen molar-refractivity contribution in [1.29, 1.82) is 5.41 Å². The molecule has 8 heteroatoms. The number of carbonyl (C=O) groups is 1. The fourth-order valence-corrected chi connectivity index (χ4v) is 2.75. The number of carbonyl (C=O) groups excluding carboxylic acids is 1. The van der Waals surface area contributed by atoms with Crippen LogP contribution in [0.5, 0.6) is 0 Å². The number of hydrogen-bond donors (Lipinski definition) is 2. The Balaban J connectivity index is 2.34. The van der Waals surface area contributed by atoms with E-state index in [1.165, 1.54) is 32.0 Å². The Morgan fingerprint density at radius 3 is 2.26 bits per heavy atom. The fourth-order valence-electron chi connectivity index (χ4n) is 2.75. The van der Waals surface area contributed by atoms with Crippen LogP contribution >= 0.6 is 0 Å². The number of aryl methyl sites for hydroxylation is 1. The van der Waals surface area contributed by atoms with Crippen LogP contribution in [0.15, 0.2) is 30.3 Å². The minimum Gasteiger partial charge on any atom is -0.311 e. The summed E-state index contributed by atoms with van der Waals surface area (Å²) in [5.41, 5.74) is -0.929. The number of nitrogens with zero attached hydrogens (tertiary/aromatic N) is 1. The second kappa shape index (κ2) is 6.79. The molecule has 0 aliphatic carbocycles. The number of rotatable bonds is 2. The Morgan fingerprint density at radius 1 is 1.04 bits per heavy atom. The molecule has 0 spiro atoms. The Labute approximate surface area is 151 Å². The highest BCUT2D eigenvalue weighted by Crippen LogP contribution is 2.34. The second-order valence-electron chi connectivity index (χ2n) is 5.94. The molecule has 0 atom stereocenters. The third-order valence-corrected chi connectivity index (χ3v) is 3.92. The molecule has 1 amide bonds. The molecule has 3 aromatic rings. The zero-order valence-corrected chi connectivity index (χ0v) is 14.3. The van der Waals surface area contributed by atoms with Crippen molar-refractivity contribution in [2.24, 2.45) is 0 Å². The number of amidine groups is 1. The molecule has 0 aliphatic heterocycles. The van der Waals surface area contributed by atoms with Crippen molar-refractivity contribution in [1.82, 2.24) is 10.3 Å². The predicted octanol–water partition coefficient (Wildman–Crippen LogP) is 4.49. The van der Waals surface area contributed by atoms with Crippen molar-refractivity contribution in [3.05, 3.63) is 64.9 Å². The molecular formula is C19H13F4N3O. The molecule has 0 unspecified atom stereocenters. The standard InChI is InChI=1S/C19H13F4N3O/c1-8-17(23)12-4-3-10(19(27)26-9(2)24)5-13(12)18(25-8)16-14(21)6-11(20)7-15(16)22/h3-7H,1-2H3,(H2,24,26,27). The van der Waals surface area contributed by atoms with Crippen LogP contribution < -0.4 is 5.32 Å². The van der Waals surface area contributed by atoms with Gasteiger partial charge in [-0.1, -0.05) is 6.07 Å². The molecule has 2 N–H and O–H groups in total. The number of amides is 1. The summed E-state index contributed by atoms with van der Waals surface area (Å²) in [5, 5.41) is 9.57. The number of fused-ring (bicyclic) bond motifs is 1. The Kier molecular flexibility index (Phi) is 4.65. The van der Waals surface area contributed by atoms with E-state index in [1.54, 1.807) is 0 Å². The molecule has 0 saturated carbocycles. The Morgan fingerprint density at radius 2 is 1.67 bits per heavy atom. The summed E-state index contributed by atoms with van der Waals surface area (Å²) in [4.78, 5) is 16.0. The largest absolute Gasteiger partial charge is 0.311 e. The van der Waals surface area contributed by atoms with Gasteiger partial charge < -0.3 is 5.32 Å². The lowest BCUT2D eigenvalue weighted by molar-refractivity contribution is 0.0977. The average molecular weight is 375 g/mol. The number of halogens is 4. The van der Waals surface area contributed by atoms with Crippen molar-refractivity contribution in [2.45, 2.75) is 13.8 Å². The van der Waals surface area contributed by atoms with Gasteiger partial charge in [-0.15, -0.1) is 0 Å². The van der Waals surface area contributed by atoms with Crippen LogP contribution in [-0.4, -0.2) is 16.7 Å². The van der Waals surface area contributed by atoms with E-state index in [9.17, 15) is 22.4 Å². The van der Waals surface area contributed by atoms with E-state index in [0.717, 1.165) is 0 Å². The van der Waals surface area contributed by atoms with E-state index in [4.69, 9.17) is 5.41 Å². The fraction of sp³-hybridized carbons (Fsp3) is 0.105. The zero-order valence-electron chi connectivity index (χ0n) is 14.3. The van der Waals surface area contributed by atoms with Gasteiger partial charge in [0, 0.05) is 28.5 Å². The molecule has 0 aliphatic rings. The van der Waals surface area contributed by atoms with Crippen molar-refractivity contribution in [3.63, 3.8) is 0 Å². The van der Waals surface area contributed by atoms with Crippen LogP contribution in [0.2, 0.25) is 0 Å². The van der Waals surface area contributed by atoms with Crippen molar-refractivity contribution in [3.8, 4) is 11.3 Å². The Bertz CT molecular complexity index is 1090. The minimum absolute atomic E-state index is 0.00347. The summed E-state index contributed by atoms with van der Waals surface area (Å²) in [6, 6.07) is 4.83. The van der Waals surface area contributed by atoms with E-state index >= 15 is 0 Å². The lowest BCUT2D eigenvalue weighted by Crippen LogP contribution is -2.27. The monoisotopic (exact) mass is 375 g/mol. The van der Waals surface area contributed by atoms with Crippen LogP contribution in [0.4, 0.5) is 17.6 Å². The molecule has 1 aromatic heterocycles. The highest BCUT2D eigenvalue weighted by molar-refractivity contribution is 6.08. The summed E-state index contributed by atoms with van der Waals surface area (Å²) in [6.45, 7) is 2.69. The Hall–Kier alpha value is -3.29. The van der Waals surface area contributed by atoms with Crippen LogP contribution in [-0.2, 0) is 0 Å². The molecule has 2 aromatic carbocycles. The molecule has 1 heterocycles. The van der Waals surface area contributed by atoms with Crippen LogP contribution in [0.25, 0.3) is 22.0 Å². The van der Waals surface area contributed by atoms with Crippen molar-refractivity contribution >= 4 is 22.5 Å². The van der Waals surface area contributed by atoms with Gasteiger partial charge in [-0.05, 0) is 26.0 Å². The van der Waals surface area contributed by atoms with Crippen LogP contribution in [0.3, 0.4) is 0 Å². The van der Waals surface area contributed by atoms with Crippen LogP contribution in [0.1, 0.15) is 23.0 Å². The number of aromatic nitrogens is 1. The highest BCUT2D eigenvalue weighted by Gasteiger charge is 2.21. The zero-order chi connectivity index (χ0) is 19.9. The summed E-state index contributed by atoms with van der Waals surface area (Å²) in [5.74, 6) is -4.94. The summed E-state index contributed by atoms with van der Waals surface area (Å²) in [6.07, 6.45) is 0. The van der Waals surface area contributed by atoms with Crippen LogP contribution in [0, 0.1) is 35.6 Å². The molecule has 0 saturated heterocycles. The summed E-state index contributed by atoms with van der Waals surface area (Å²) in [7, 11) is 0. The van der Waals surface area contributed by atoms with E-state index < -0.39 is 34.7 Å². The first-order valence-electron chi connectivity index (χ1n) is 7.80. The second-order valence-corrected chi connectivity index (χ2v) is 5.94. The van der Waals surface area contributed by atoms with E-state index in [-0.39, 0.29) is 33.6 Å². The van der Waals surface area contributed by atoms with Gasteiger partial charge in [0.2, 0.25) is 0 Å². The highest BCUT2D eigenvalue weighted by atomic mass is 19.1. The number of benzene rings is 2. The number of hydrogen-bond acceptors (Lipinski definition) is 3. The molecule has 0 bridgehead atoms. The maximum absolute atomic E-state index is 14.5. The normalized spacial score (nSPS) is 10.9. The van der Waals surface area contributed by atoms with E-state index in [0.29, 0.717) is 12.1 Å². The summed E-state index contributed by atoms with van der Waals surface area (Å²) >= 11 is 0. The van der Waals surface area contributed by atoms with Gasteiger partial charge in [-0.3, -0.25) is 10.2 Å². The van der Waals surface area contributed by atoms with Crippen molar-refractivity contribution < 1.29 is 22.4 Å². The SMILES string of the molecule is CC(=N)NC(=O)c1ccc2c(F)c(C)nc(-c3c(F)cc(F)cc3F)c2c1. The lowest BCUT2D eigenvalue weighted by Gasteiger charge is -2.12. The molecule has 0 radical (unpaired) electrons. The quantitative estimate of drug-likeness (QED) is 0.394. The topological polar surface area (TPSA) is 65.8 Å². The van der Waals surface area contributed by atoms with Gasteiger partial charge in [0.15, 0.2) is 5.82 Å². The third-order valence-electron chi connectivity index (χ3n) is 3.92. The summed E-state index contributed by atoms with van der Waals surface area (Å²) < 4.78 is 56.2. The van der Waals surface area contributed by atoms with Gasteiger partial charge in [-0.25, -0.2) is 22.5 Å². The maximum Gasteiger partial charge on any atom is 0.256 e. The van der Waals surface area contributed by atoms with E-state index in [1.807, 2.05) is 0 Å². The minimum atomic E-state index is -1.20. The molecule has 3 rings (SSSR count). The van der Waals surface area contributed by atoms with Gasteiger partial charge >= 0.3 is 0 Å². The van der Waals surface area contributed by atoms with Gasteiger partial charge in [-0.2, -0.15) is 0 Å². The third kappa shape index (κ3) is 3.38. The molecular weight excluding hydrogens is 362 g/mol. The van der Waals surface area contributed by atoms with Gasteiger partial charge in [0.1, 0.15) is 17.5 Å². The van der Waals surface area contributed by atoms with E-state index in [2.05, 4.69) is 10.3 Å². The number of nitrogens with one attached hydrogen (secondary N) is 2. The first kappa shape index (κ1) is 18.5. The number of pyridine rings is 1. The average Bonchev–Trinajstić information content (AvgIpc) is 2.57. The first-order chi connectivity index (χ1) is 12.7. The van der Waals surface area contributed by atoms with Gasteiger partial charge in [0.25, 0.3) is 5.91 Å². The molecule has 0 fully saturated rings. The van der Waals surface area contributed by atoms with Gasteiger partial charge in [0.05, 0.1) is 22.8 Å².